The second-order valence-corrected chi connectivity index (χ2v) is 10.8. The summed E-state index contributed by atoms with van der Waals surface area (Å²) in [6, 6.07) is 4.88. The number of anilines is 2. The Kier molecular flexibility index (Phi) is 9.04. The molecule has 0 spiro atoms. The van der Waals surface area contributed by atoms with Crippen LogP contribution in [0.15, 0.2) is 34.8 Å². The number of fused-ring (bicyclic) bond motifs is 2. The van der Waals surface area contributed by atoms with Crippen molar-refractivity contribution >= 4 is 57.7 Å². The van der Waals surface area contributed by atoms with Gasteiger partial charge in [-0.25, -0.2) is 9.78 Å². The zero-order valence-electron chi connectivity index (χ0n) is 24.0. The number of ether oxygens (including phenoxy) is 3. The SMILES string of the molecule is CCOC(=O)c1cc(NC(=O)c2csc(NC(=O)CCCOc3cc4c(cc3OC)C(=O)N3CCCC3C=N4)n2)cn1C. The number of nitrogens with zero attached hydrogens (tertiary/aromatic N) is 4. The third kappa shape index (κ3) is 6.69. The van der Waals surface area contributed by atoms with Crippen LogP contribution in [0, 0.1) is 0 Å². The van der Waals surface area contributed by atoms with Crippen LogP contribution in [0.4, 0.5) is 16.5 Å². The van der Waals surface area contributed by atoms with Crippen LogP contribution in [0.2, 0.25) is 0 Å². The average molecular weight is 609 g/mol. The molecule has 226 valence electrons. The van der Waals surface area contributed by atoms with E-state index in [0.717, 1.165) is 24.2 Å². The standard InChI is InChI=1S/C29H32N6O7S/c1-4-41-28(39)22-11-17(15-34(22)2)31-26(37)21-16-43-29(32-21)33-25(36)8-6-10-42-24-13-20-19(12-23(24)40-3)27(38)35-9-5-7-18(35)14-30-20/h11-16,18H,4-10H2,1-3H3,(H,31,37)(H,32,33,36). The van der Waals surface area contributed by atoms with E-state index in [-0.39, 0.29) is 48.3 Å². The maximum absolute atomic E-state index is 13.0. The van der Waals surface area contributed by atoms with Gasteiger partial charge >= 0.3 is 5.97 Å². The molecule has 3 aromatic rings. The van der Waals surface area contributed by atoms with Crippen molar-refractivity contribution in [1.82, 2.24) is 14.5 Å². The van der Waals surface area contributed by atoms with Crippen LogP contribution in [0.5, 0.6) is 11.5 Å². The van der Waals surface area contributed by atoms with E-state index in [1.54, 1.807) is 36.9 Å². The number of thiazole rings is 1. The van der Waals surface area contributed by atoms with Crippen molar-refractivity contribution in [1.29, 1.82) is 0 Å². The fraction of sp³-hybridized carbons (Fsp3) is 0.379. The molecule has 14 heteroatoms. The molecule has 13 nitrogen and oxygen atoms in total. The summed E-state index contributed by atoms with van der Waals surface area (Å²) < 4.78 is 17.9. The predicted octanol–water partition coefficient (Wildman–Crippen LogP) is 4.04. The molecule has 0 radical (unpaired) electrons. The van der Waals surface area contributed by atoms with E-state index < -0.39 is 11.9 Å². The lowest BCUT2D eigenvalue weighted by atomic mass is 10.1. The molecule has 2 aromatic heterocycles. The number of hydrogen-bond donors (Lipinski definition) is 2. The second-order valence-electron chi connectivity index (χ2n) is 9.94. The number of benzene rings is 1. The Hall–Kier alpha value is -4.72. The van der Waals surface area contributed by atoms with E-state index in [2.05, 4.69) is 20.6 Å². The van der Waals surface area contributed by atoms with Crippen molar-refractivity contribution < 1.29 is 33.4 Å². The molecular formula is C29H32N6O7S. The van der Waals surface area contributed by atoms with Gasteiger partial charge in [0.2, 0.25) is 5.91 Å². The molecule has 2 N–H and O–H groups in total. The van der Waals surface area contributed by atoms with Crippen molar-refractivity contribution in [3.05, 3.63) is 46.7 Å². The van der Waals surface area contributed by atoms with Crippen LogP contribution >= 0.6 is 11.3 Å². The highest BCUT2D eigenvalue weighted by molar-refractivity contribution is 7.14. The van der Waals surface area contributed by atoms with Crippen LogP contribution < -0.4 is 20.1 Å². The van der Waals surface area contributed by atoms with Gasteiger partial charge in [-0.2, -0.15) is 0 Å². The second kappa shape index (κ2) is 13.1. The van der Waals surface area contributed by atoms with Gasteiger partial charge in [0.1, 0.15) is 11.4 Å². The van der Waals surface area contributed by atoms with Crippen LogP contribution in [-0.2, 0) is 16.6 Å². The van der Waals surface area contributed by atoms with Gasteiger partial charge in [-0.05, 0) is 38.3 Å². The third-order valence-corrected chi connectivity index (χ3v) is 7.75. The highest BCUT2D eigenvalue weighted by atomic mass is 32.1. The molecule has 4 heterocycles. The highest BCUT2D eigenvalue weighted by Gasteiger charge is 2.32. The molecule has 1 saturated heterocycles. The molecule has 0 aliphatic carbocycles. The van der Waals surface area contributed by atoms with E-state index in [1.165, 1.54) is 18.6 Å². The number of carbonyl (C=O) groups excluding carboxylic acids is 4. The lowest BCUT2D eigenvalue weighted by Crippen LogP contribution is -2.35. The Bertz CT molecular complexity index is 1580. The van der Waals surface area contributed by atoms with Gasteiger partial charge in [0.05, 0.1) is 43.3 Å². The van der Waals surface area contributed by atoms with Crippen molar-refractivity contribution in [2.75, 3.05) is 37.5 Å². The molecule has 1 aromatic carbocycles. The summed E-state index contributed by atoms with van der Waals surface area (Å²) >= 11 is 1.12. The zero-order chi connectivity index (χ0) is 30.5. The number of aromatic nitrogens is 2. The molecule has 2 aliphatic rings. The molecule has 3 amide bonds. The van der Waals surface area contributed by atoms with Gasteiger partial charge in [-0.3, -0.25) is 19.4 Å². The molecular weight excluding hydrogens is 576 g/mol. The highest BCUT2D eigenvalue weighted by Crippen LogP contribution is 2.38. The molecule has 1 unspecified atom stereocenters. The molecule has 1 atom stereocenters. The minimum atomic E-state index is -0.488. The first kappa shape index (κ1) is 29.8. The lowest BCUT2D eigenvalue weighted by molar-refractivity contribution is -0.116. The van der Waals surface area contributed by atoms with E-state index in [4.69, 9.17) is 14.2 Å². The van der Waals surface area contributed by atoms with Gasteiger partial charge in [-0.15, -0.1) is 11.3 Å². The maximum Gasteiger partial charge on any atom is 0.355 e. The van der Waals surface area contributed by atoms with Crippen molar-refractivity contribution in [3.63, 3.8) is 0 Å². The Morgan fingerprint density at radius 3 is 2.79 bits per heavy atom. The molecule has 5 rings (SSSR count). The molecule has 2 aliphatic heterocycles. The van der Waals surface area contributed by atoms with Crippen LogP contribution in [-0.4, -0.2) is 77.3 Å². The summed E-state index contributed by atoms with van der Waals surface area (Å²) in [5, 5.41) is 7.21. The maximum atomic E-state index is 13.0. The van der Waals surface area contributed by atoms with Gasteiger partial charge in [0.15, 0.2) is 16.6 Å². The van der Waals surface area contributed by atoms with Crippen molar-refractivity contribution in [3.8, 4) is 11.5 Å². The number of methoxy groups -OCH3 is 1. The van der Waals surface area contributed by atoms with E-state index in [1.807, 2.05) is 11.1 Å². The Morgan fingerprint density at radius 2 is 2.00 bits per heavy atom. The summed E-state index contributed by atoms with van der Waals surface area (Å²) in [5.41, 5.74) is 1.85. The topological polar surface area (TPSA) is 153 Å². The minimum absolute atomic E-state index is 0.00643. The molecule has 0 bridgehead atoms. The summed E-state index contributed by atoms with van der Waals surface area (Å²) in [6.45, 7) is 2.89. The van der Waals surface area contributed by atoms with Gasteiger partial charge in [0, 0.05) is 43.9 Å². The average Bonchev–Trinajstić information content (AvgIpc) is 3.72. The van der Waals surface area contributed by atoms with Crippen LogP contribution in [0.25, 0.3) is 0 Å². The third-order valence-electron chi connectivity index (χ3n) is 6.99. The van der Waals surface area contributed by atoms with Crippen LogP contribution in [0.1, 0.15) is 63.9 Å². The molecule has 0 saturated carbocycles. The number of rotatable bonds is 11. The Labute approximate surface area is 251 Å². The van der Waals surface area contributed by atoms with Gasteiger partial charge in [0.25, 0.3) is 11.8 Å². The van der Waals surface area contributed by atoms with E-state index in [0.29, 0.717) is 47.1 Å². The normalized spacial score (nSPS) is 15.4. The van der Waals surface area contributed by atoms with E-state index in [9.17, 15) is 19.2 Å². The number of aliphatic imine (C=N–C) groups is 1. The van der Waals surface area contributed by atoms with Crippen molar-refractivity contribution in [2.24, 2.45) is 12.0 Å². The number of esters is 1. The lowest BCUT2D eigenvalue weighted by Gasteiger charge is -2.20. The quantitative estimate of drug-likeness (QED) is 0.244. The minimum Gasteiger partial charge on any atom is -0.493 e. The largest absolute Gasteiger partial charge is 0.493 e. The Morgan fingerprint density at radius 1 is 1.16 bits per heavy atom. The smallest absolute Gasteiger partial charge is 0.355 e. The molecule has 43 heavy (non-hydrogen) atoms. The summed E-state index contributed by atoms with van der Waals surface area (Å²) in [5.74, 6) is -0.452. The number of aryl methyl sites for hydroxylation is 1. The zero-order valence-corrected chi connectivity index (χ0v) is 24.9. The van der Waals surface area contributed by atoms with Crippen LogP contribution in [0.3, 0.4) is 0 Å². The van der Waals surface area contributed by atoms with E-state index >= 15 is 0 Å². The summed E-state index contributed by atoms with van der Waals surface area (Å²) in [4.78, 5) is 60.7. The predicted molar refractivity (Wildman–Crippen MR) is 160 cm³/mol. The Balaban J connectivity index is 1.11. The summed E-state index contributed by atoms with van der Waals surface area (Å²) in [6.07, 6.45) is 5.82. The fourth-order valence-corrected chi connectivity index (χ4v) is 5.60. The monoisotopic (exact) mass is 608 g/mol. The number of nitrogens with one attached hydrogen (secondary N) is 2. The first-order valence-electron chi connectivity index (χ1n) is 13.9. The number of carbonyl (C=O) groups is 4. The fourth-order valence-electron chi connectivity index (χ4n) is 4.89. The van der Waals surface area contributed by atoms with Gasteiger partial charge in [-0.1, -0.05) is 0 Å². The first-order chi connectivity index (χ1) is 20.8. The van der Waals surface area contributed by atoms with Gasteiger partial charge < -0.3 is 34.3 Å². The molecule has 1 fully saturated rings. The van der Waals surface area contributed by atoms with Crippen molar-refractivity contribution in [2.45, 2.75) is 38.6 Å². The first-order valence-corrected chi connectivity index (χ1v) is 14.8. The number of hydrogen-bond acceptors (Lipinski definition) is 10. The summed E-state index contributed by atoms with van der Waals surface area (Å²) in [7, 11) is 3.18. The number of amides is 3.